The minimum Gasteiger partial charge on any atom is -0.494 e. The Morgan fingerprint density at radius 3 is 2.21 bits per heavy atom. The van der Waals surface area contributed by atoms with E-state index in [1.165, 1.54) is 0 Å². The molecule has 1 heterocycles. The van der Waals surface area contributed by atoms with Crippen molar-refractivity contribution in [2.75, 3.05) is 26.4 Å². The molecule has 1 aromatic carbocycles. The molecule has 0 saturated heterocycles. The molecule has 158 valence electrons. The molecule has 1 aliphatic rings. The number of carbonyl (C=O) groups is 3. The summed E-state index contributed by atoms with van der Waals surface area (Å²) < 4.78 is 20.9. The largest absolute Gasteiger partial charge is 0.494 e. The minimum atomic E-state index is -0.643. The van der Waals surface area contributed by atoms with Crippen molar-refractivity contribution in [2.24, 2.45) is 0 Å². The van der Waals surface area contributed by atoms with Gasteiger partial charge in [0.1, 0.15) is 18.1 Å². The van der Waals surface area contributed by atoms with E-state index in [2.05, 4.69) is 10.6 Å². The monoisotopic (exact) mass is 406 g/mol. The van der Waals surface area contributed by atoms with Crippen LogP contribution in [0.3, 0.4) is 0 Å². The lowest BCUT2D eigenvalue weighted by Crippen LogP contribution is -2.51. The molecule has 1 aliphatic heterocycles. The molecule has 0 fully saturated rings. The van der Waals surface area contributed by atoms with E-state index in [4.69, 9.17) is 18.9 Å². The topological polar surface area (TPSA) is 112 Å². The molecule has 29 heavy (non-hydrogen) atoms. The summed E-state index contributed by atoms with van der Waals surface area (Å²) in [4.78, 5) is 36.1. The van der Waals surface area contributed by atoms with E-state index in [1.54, 1.807) is 31.2 Å². The van der Waals surface area contributed by atoms with Gasteiger partial charge in [0, 0.05) is 0 Å². The van der Waals surface area contributed by atoms with Gasteiger partial charge < -0.3 is 29.6 Å². The van der Waals surface area contributed by atoms with E-state index < -0.39 is 24.0 Å². The first-order chi connectivity index (χ1) is 14.0. The van der Waals surface area contributed by atoms with Crippen LogP contribution in [0, 0.1) is 0 Å². The maximum atomic E-state index is 12.3. The summed E-state index contributed by atoms with van der Waals surface area (Å²) in [5.74, 6) is -0.0232. The van der Waals surface area contributed by atoms with E-state index in [0.29, 0.717) is 24.5 Å². The fourth-order valence-electron chi connectivity index (χ4n) is 2.71. The average Bonchev–Trinajstić information content (AvgIpc) is 2.71. The van der Waals surface area contributed by atoms with E-state index in [0.717, 1.165) is 0 Å². The Labute approximate surface area is 169 Å². The second-order valence-corrected chi connectivity index (χ2v) is 6.03. The third-order valence-electron chi connectivity index (χ3n) is 4.02. The Morgan fingerprint density at radius 1 is 0.966 bits per heavy atom. The number of carbonyl (C=O) groups excluding carboxylic acids is 3. The number of urea groups is 1. The van der Waals surface area contributed by atoms with Gasteiger partial charge in [-0.2, -0.15) is 0 Å². The molecular formula is C20H26N2O7. The average molecular weight is 406 g/mol. The zero-order valence-electron chi connectivity index (χ0n) is 16.8. The van der Waals surface area contributed by atoms with Gasteiger partial charge in [0.2, 0.25) is 0 Å². The fraction of sp³-hybridized carbons (Fsp3) is 0.450. The van der Waals surface area contributed by atoms with Gasteiger partial charge in [0.15, 0.2) is 6.61 Å². The molecule has 0 spiro atoms. The molecule has 0 aliphatic carbocycles. The Balaban J connectivity index is 1.96. The van der Waals surface area contributed by atoms with Crippen LogP contribution in [0.25, 0.3) is 0 Å². The Bertz CT molecular complexity index is 759. The molecule has 0 saturated carbocycles. The Morgan fingerprint density at radius 2 is 1.62 bits per heavy atom. The summed E-state index contributed by atoms with van der Waals surface area (Å²) in [7, 11) is 0. The molecule has 9 heteroatoms. The lowest BCUT2D eigenvalue weighted by Gasteiger charge is -2.28. The van der Waals surface area contributed by atoms with Crippen molar-refractivity contribution in [3.8, 4) is 11.5 Å². The van der Waals surface area contributed by atoms with Crippen LogP contribution in [0.1, 0.15) is 27.2 Å². The maximum Gasteiger partial charge on any atom is 0.344 e. The molecule has 0 unspecified atom stereocenters. The maximum absolute atomic E-state index is 12.3. The van der Waals surface area contributed by atoms with Crippen molar-refractivity contribution in [1.29, 1.82) is 0 Å². The van der Waals surface area contributed by atoms with Crippen LogP contribution < -0.4 is 20.1 Å². The second-order valence-electron chi connectivity index (χ2n) is 6.03. The van der Waals surface area contributed by atoms with Crippen molar-refractivity contribution >= 4 is 18.0 Å². The van der Waals surface area contributed by atoms with Gasteiger partial charge in [0.25, 0.3) is 0 Å². The number of nitrogens with one attached hydrogen (secondary N) is 2. The predicted octanol–water partition coefficient (Wildman–Crippen LogP) is 1.92. The highest BCUT2D eigenvalue weighted by Gasteiger charge is 2.32. The van der Waals surface area contributed by atoms with Crippen LogP contribution >= 0.6 is 0 Å². The van der Waals surface area contributed by atoms with E-state index in [-0.39, 0.29) is 31.1 Å². The summed E-state index contributed by atoms with van der Waals surface area (Å²) in [6, 6.07) is 5.83. The number of ether oxygens (including phenoxy) is 4. The minimum absolute atomic E-state index is 0.190. The third-order valence-corrected chi connectivity index (χ3v) is 4.02. The van der Waals surface area contributed by atoms with Crippen LogP contribution in [0.2, 0.25) is 0 Å². The summed E-state index contributed by atoms with van der Waals surface area (Å²) in [6.45, 7) is 5.55. The van der Waals surface area contributed by atoms with Gasteiger partial charge in [-0.15, -0.1) is 0 Å². The SMILES string of the molecule is CCOC(=O)C1=C(COC(=O)COc2ccc(OCC)cc2)NC(=O)N[C@@H]1CC. The Kier molecular flexibility index (Phi) is 8.32. The smallest absolute Gasteiger partial charge is 0.344 e. The Hall–Kier alpha value is -3.23. The van der Waals surface area contributed by atoms with Crippen molar-refractivity contribution in [3.05, 3.63) is 35.5 Å². The highest BCUT2D eigenvalue weighted by atomic mass is 16.6. The lowest BCUT2D eigenvalue weighted by molar-refractivity contribution is -0.145. The van der Waals surface area contributed by atoms with Crippen LogP contribution in [0.4, 0.5) is 4.79 Å². The van der Waals surface area contributed by atoms with E-state index in [1.807, 2.05) is 13.8 Å². The van der Waals surface area contributed by atoms with Gasteiger partial charge in [-0.3, -0.25) is 0 Å². The van der Waals surface area contributed by atoms with Crippen molar-refractivity contribution in [1.82, 2.24) is 10.6 Å². The summed E-state index contributed by atoms with van der Waals surface area (Å²) in [5, 5.41) is 5.16. The number of benzene rings is 1. The number of hydrogen-bond acceptors (Lipinski definition) is 7. The molecule has 2 amide bonds. The third kappa shape index (κ3) is 6.41. The van der Waals surface area contributed by atoms with Crippen molar-refractivity contribution in [3.63, 3.8) is 0 Å². The molecule has 0 aromatic heterocycles. The van der Waals surface area contributed by atoms with Crippen LogP contribution in [0.5, 0.6) is 11.5 Å². The first-order valence-corrected chi connectivity index (χ1v) is 9.47. The summed E-state index contributed by atoms with van der Waals surface area (Å²) in [6.07, 6.45) is 0.486. The molecule has 0 bridgehead atoms. The van der Waals surface area contributed by atoms with Gasteiger partial charge in [-0.05, 0) is 44.5 Å². The van der Waals surface area contributed by atoms with Crippen LogP contribution in [0.15, 0.2) is 35.5 Å². The zero-order chi connectivity index (χ0) is 21.2. The molecule has 2 rings (SSSR count). The first kappa shape index (κ1) is 22.1. The highest BCUT2D eigenvalue weighted by molar-refractivity contribution is 5.94. The first-order valence-electron chi connectivity index (χ1n) is 9.47. The second kappa shape index (κ2) is 10.9. The molecule has 9 nitrogen and oxygen atoms in total. The van der Waals surface area contributed by atoms with Gasteiger partial charge in [-0.25, -0.2) is 14.4 Å². The standard InChI is InChI=1S/C20H26N2O7/c1-4-15-18(19(24)27-6-3)16(22-20(25)21-15)11-29-17(23)12-28-14-9-7-13(8-10-14)26-5-2/h7-10,15H,4-6,11-12H2,1-3H3,(H2,21,22,25)/t15-/m1/s1. The van der Waals surface area contributed by atoms with E-state index >= 15 is 0 Å². The summed E-state index contributed by atoms with van der Waals surface area (Å²) >= 11 is 0. The lowest BCUT2D eigenvalue weighted by atomic mass is 10.0. The predicted molar refractivity (Wildman–Crippen MR) is 103 cm³/mol. The molecular weight excluding hydrogens is 380 g/mol. The van der Waals surface area contributed by atoms with Gasteiger partial charge in [0.05, 0.1) is 30.5 Å². The fourth-order valence-corrected chi connectivity index (χ4v) is 2.71. The molecule has 0 radical (unpaired) electrons. The van der Waals surface area contributed by atoms with Crippen LogP contribution in [-0.4, -0.2) is 50.4 Å². The van der Waals surface area contributed by atoms with Crippen molar-refractivity contribution < 1.29 is 33.3 Å². The quantitative estimate of drug-likeness (QED) is 0.571. The van der Waals surface area contributed by atoms with E-state index in [9.17, 15) is 14.4 Å². The number of hydrogen-bond donors (Lipinski definition) is 2. The van der Waals surface area contributed by atoms with Gasteiger partial charge in [-0.1, -0.05) is 6.92 Å². The molecule has 1 aromatic rings. The van der Waals surface area contributed by atoms with Crippen LogP contribution in [-0.2, 0) is 19.1 Å². The number of esters is 2. The molecule has 1 atom stereocenters. The van der Waals surface area contributed by atoms with Gasteiger partial charge >= 0.3 is 18.0 Å². The highest BCUT2D eigenvalue weighted by Crippen LogP contribution is 2.19. The zero-order valence-corrected chi connectivity index (χ0v) is 16.8. The molecule has 2 N–H and O–H groups in total. The normalized spacial score (nSPS) is 15.8. The van der Waals surface area contributed by atoms with Crippen molar-refractivity contribution in [2.45, 2.75) is 33.2 Å². The summed E-state index contributed by atoms with van der Waals surface area (Å²) in [5.41, 5.74) is 0.447. The number of amides is 2. The number of rotatable bonds is 10.